The summed E-state index contributed by atoms with van der Waals surface area (Å²) in [7, 11) is 0. The quantitative estimate of drug-likeness (QED) is 0.231. The lowest BCUT2D eigenvalue weighted by Crippen LogP contribution is -2.14. The van der Waals surface area contributed by atoms with Gasteiger partial charge in [0.15, 0.2) is 0 Å². The summed E-state index contributed by atoms with van der Waals surface area (Å²) in [4.78, 5) is 5.02. The Morgan fingerprint density at radius 2 is 1.28 bits per heavy atom. The van der Waals surface area contributed by atoms with Crippen molar-refractivity contribution in [2.24, 2.45) is 4.99 Å². The molecule has 1 heteroatoms. The zero-order valence-corrected chi connectivity index (χ0v) is 21.1. The minimum absolute atomic E-state index is 0.195. The van der Waals surface area contributed by atoms with Crippen molar-refractivity contribution in [2.45, 2.75) is 39.0 Å². The molecule has 0 saturated heterocycles. The fraction of sp³-hybridized carbons (Fsp3) is 0.171. The number of aliphatic imine (C=N–C) groups is 1. The largest absolute Gasteiger partial charge is 0.252 e. The molecule has 0 aromatic heterocycles. The lowest BCUT2D eigenvalue weighted by atomic mass is 9.81. The van der Waals surface area contributed by atoms with E-state index in [2.05, 4.69) is 118 Å². The minimum Gasteiger partial charge on any atom is -0.252 e. The van der Waals surface area contributed by atoms with Gasteiger partial charge in [0.25, 0.3) is 0 Å². The zero-order valence-electron chi connectivity index (χ0n) is 21.1. The average molecular weight is 464 g/mol. The molecule has 6 aromatic rings. The molecular weight excluding hydrogens is 434 g/mol. The predicted octanol–water partition coefficient (Wildman–Crippen LogP) is 9.62. The van der Waals surface area contributed by atoms with Gasteiger partial charge in [-0.2, -0.15) is 0 Å². The molecule has 1 heterocycles. The van der Waals surface area contributed by atoms with Crippen molar-refractivity contribution in [1.29, 1.82) is 0 Å². The maximum atomic E-state index is 5.02. The molecule has 1 nitrogen and oxygen atoms in total. The smallest absolute Gasteiger partial charge is 0.0669 e. The van der Waals surface area contributed by atoms with E-state index in [4.69, 9.17) is 4.99 Å². The molecule has 0 amide bonds. The van der Waals surface area contributed by atoms with Gasteiger partial charge in [-0.1, -0.05) is 112 Å². The number of para-hydroxylation sites is 1. The first-order chi connectivity index (χ1) is 17.5. The van der Waals surface area contributed by atoms with E-state index in [0.717, 1.165) is 18.5 Å². The lowest BCUT2D eigenvalue weighted by molar-refractivity contribution is 0.506. The Bertz CT molecular complexity index is 1800. The van der Waals surface area contributed by atoms with Crippen LogP contribution in [0.1, 0.15) is 43.9 Å². The van der Waals surface area contributed by atoms with Gasteiger partial charge in [-0.3, -0.25) is 4.99 Å². The Morgan fingerprint density at radius 1 is 0.667 bits per heavy atom. The number of hydrogen-bond acceptors (Lipinski definition) is 1. The van der Waals surface area contributed by atoms with Crippen LogP contribution in [0.4, 0.5) is 5.69 Å². The van der Waals surface area contributed by atoms with E-state index in [1.165, 1.54) is 65.8 Å². The SMILES string of the molecule is CCC(C)(C)c1ccc(-c2ccc3ccc4c(C5=Nc6ccccc6C5)ccc5ccc2c3c54)cc1. The Hall–Kier alpha value is -3.97. The zero-order chi connectivity index (χ0) is 24.4. The third-order valence-electron chi connectivity index (χ3n) is 8.44. The summed E-state index contributed by atoms with van der Waals surface area (Å²) in [6.07, 6.45) is 2.02. The third kappa shape index (κ3) is 3.12. The minimum atomic E-state index is 0.195. The second kappa shape index (κ2) is 7.77. The second-order valence-corrected chi connectivity index (χ2v) is 10.8. The normalized spacial score (nSPS) is 13.6. The van der Waals surface area contributed by atoms with Gasteiger partial charge in [0.1, 0.15) is 0 Å². The molecule has 6 aromatic carbocycles. The van der Waals surface area contributed by atoms with Crippen molar-refractivity contribution in [2.75, 3.05) is 0 Å². The molecule has 0 fully saturated rings. The molecule has 0 N–H and O–H groups in total. The van der Waals surface area contributed by atoms with E-state index in [-0.39, 0.29) is 5.41 Å². The molecule has 0 radical (unpaired) electrons. The summed E-state index contributed by atoms with van der Waals surface area (Å²) in [5.74, 6) is 0. The van der Waals surface area contributed by atoms with Crippen LogP contribution in [0, 0.1) is 0 Å². The van der Waals surface area contributed by atoms with Crippen molar-refractivity contribution >= 4 is 43.7 Å². The van der Waals surface area contributed by atoms with Gasteiger partial charge in [0, 0.05) is 12.0 Å². The van der Waals surface area contributed by atoms with Crippen LogP contribution in [-0.2, 0) is 11.8 Å². The first-order valence-electron chi connectivity index (χ1n) is 13.0. The lowest BCUT2D eigenvalue weighted by Gasteiger charge is -2.23. The van der Waals surface area contributed by atoms with E-state index in [9.17, 15) is 0 Å². The first-order valence-corrected chi connectivity index (χ1v) is 13.0. The summed E-state index contributed by atoms with van der Waals surface area (Å²) >= 11 is 0. The summed E-state index contributed by atoms with van der Waals surface area (Å²) < 4.78 is 0. The van der Waals surface area contributed by atoms with Gasteiger partial charge in [-0.15, -0.1) is 0 Å². The molecule has 36 heavy (non-hydrogen) atoms. The summed E-state index contributed by atoms with van der Waals surface area (Å²) in [6, 6.07) is 36.0. The molecule has 7 rings (SSSR count). The van der Waals surface area contributed by atoms with Crippen LogP contribution in [0.25, 0.3) is 43.4 Å². The van der Waals surface area contributed by atoms with Crippen LogP contribution in [0.2, 0.25) is 0 Å². The highest BCUT2D eigenvalue weighted by atomic mass is 14.8. The van der Waals surface area contributed by atoms with E-state index < -0.39 is 0 Å². The topological polar surface area (TPSA) is 12.4 Å². The molecular formula is C35H29N. The van der Waals surface area contributed by atoms with E-state index >= 15 is 0 Å². The second-order valence-electron chi connectivity index (χ2n) is 10.8. The maximum Gasteiger partial charge on any atom is 0.0669 e. The monoisotopic (exact) mass is 463 g/mol. The molecule has 0 spiro atoms. The molecule has 0 aliphatic carbocycles. The summed E-state index contributed by atoms with van der Waals surface area (Å²) in [5.41, 5.74) is 9.02. The Kier molecular flexibility index (Phi) is 4.60. The Balaban J connectivity index is 1.43. The summed E-state index contributed by atoms with van der Waals surface area (Å²) in [5, 5.41) is 7.92. The molecule has 0 atom stereocenters. The number of fused-ring (bicyclic) bond motifs is 1. The standard InChI is InChI=1S/C35H29N/c1-4-35(2,3)26-15-9-22(10-16-26)27-17-11-23-14-20-30-28(32-21-25-7-5-6-8-31(25)36-32)18-12-24-13-19-29(27)33(23)34(24)30/h5-20H,4,21H2,1-3H3. The summed E-state index contributed by atoms with van der Waals surface area (Å²) in [6.45, 7) is 6.91. The van der Waals surface area contributed by atoms with Crippen molar-refractivity contribution in [1.82, 2.24) is 0 Å². The fourth-order valence-electron chi connectivity index (χ4n) is 5.90. The van der Waals surface area contributed by atoms with Crippen molar-refractivity contribution in [3.63, 3.8) is 0 Å². The molecule has 1 aliphatic heterocycles. The van der Waals surface area contributed by atoms with Gasteiger partial charge in [-0.05, 0) is 72.5 Å². The van der Waals surface area contributed by atoms with Crippen LogP contribution in [0.15, 0.2) is 102 Å². The Labute approximate surface area is 212 Å². The highest BCUT2D eigenvalue weighted by Crippen LogP contribution is 2.41. The molecule has 0 unspecified atom stereocenters. The fourth-order valence-corrected chi connectivity index (χ4v) is 5.90. The maximum absolute atomic E-state index is 5.02. The van der Waals surface area contributed by atoms with Crippen molar-refractivity contribution in [3.05, 3.63) is 114 Å². The molecule has 1 aliphatic rings. The van der Waals surface area contributed by atoms with Crippen molar-refractivity contribution < 1.29 is 0 Å². The molecule has 0 saturated carbocycles. The van der Waals surface area contributed by atoms with Gasteiger partial charge >= 0.3 is 0 Å². The first kappa shape index (κ1) is 21.3. The number of hydrogen-bond donors (Lipinski definition) is 0. The predicted molar refractivity (Wildman–Crippen MR) is 155 cm³/mol. The van der Waals surface area contributed by atoms with Crippen LogP contribution in [0.3, 0.4) is 0 Å². The van der Waals surface area contributed by atoms with Gasteiger partial charge in [0.2, 0.25) is 0 Å². The van der Waals surface area contributed by atoms with E-state index in [1.54, 1.807) is 0 Å². The molecule has 0 bridgehead atoms. The van der Waals surface area contributed by atoms with E-state index in [1.807, 2.05) is 0 Å². The number of rotatable bonds is 4. The van der Waals surface area contributed by atoms with Crippen molar-refractivity contribution in [3.8, 4) is 11.1 Å². The molecule has 174 valence electrons. The average Bonchev–Trinajstić information content (AvgIpc) is 3.35. The van der Waals surface area contributed by atoms with Crippen LogP contribution < -0.4 is 0 Å². The number of benzene rings is 6. The number of nitrogens with zero attached hydrogens (tertiary/aromatic N) is 1. The Morgan fingerprint density at radius 3 is 1.94 bits per heavy atom. The van der Waals surface area contributed by atoms with Crippen LogP contribution >= 0.6 is 0 Å². The van der Waals surface area contributed by atoms with Crippen LogP contribution in [0.5, 0.6) is 0 Å². The third-order valence-corrected chi connectivity index (χ3v) is 8.44. The van der Waals surface area contributed by atoms with Gasteiger partial charge in [0.05, 0.1) is 11.4 Å². The highest BCUT2D eigenvalue weighted by molar-refractivity contribution is 6.29. The van der Waals surface area contributed by atoms with Gasteiger partial charge in [-0.25, -0.2) is 0 Å². The van der Waals surface area contributed by atoms with Crippen LogP contribution in [-0.4, -0.2) is 5.71 Å². The highest BCUT2D eigenvalue weighted by Gasteiger charge is 2.21. The van der Waals surface area contributed by atoms with E-state index in [0.29, 0.717) is 0 Å². The van der Waals surface area contributed by atoms with Gasteiger partial charge < -0.3 is 0 Å².